The number of hydrogen-bond donors (Lipinski definition) is 1. The van der Waals surface area contributed by atoms with E-state index in [-0.39, 0.29) is 11.9 Å². The van der Waals surface area contributed by atoms with Gasteiger partial charge in [-0.15, -0.1) is 5.10 Å². The summed E-state index contributed by atoms with van der Waals surface area (Å²) in [5.41, 5.74) is 1.66. The van der Waals surface area contributed by atoms with E-state index in [0.717, 1.165) is 24.2 Å². The van der Waals surface area contributed by atoms with Gasteiger partial charge in [-0.1, -0.05) is 12.1 Å². The van der Waals surface area contributed by atoms with Crippen LogP contribution >= 0.6 is 0 Å². The van der Waals surface area contributed by atoms with Gasteiger partial charge in [0, 0.05) is 13.2 Å². The van der Waals surface area contributed by atoms with Crippen LogP contribution in [0, 0.1) is 5.82 Å². The van der Waals surface area contributed by atoms with Crippen LogP contribution in [0.5, 0.6) is 0 Å². The number of nitrogens with one attached hydrogen (secondary N) is 1. The van der Waals surface area contributed by atoms with Crippen molar-refractivity contribution in [2.75, 3.05) is 6.54 Å². The third kappa shape index (κ3) is 2.70. The molecule has 1 N–H and O–H groups in total. The maximum absolute atomic E-state index is 13.3. The fraction of sp³-hybridized carbons (Fsp3) is 0.417. The molecule has 0 saturated heterocycles. The van der Waals surface area contributed by atoms with Gasteiger partial charge in [0.2, 0.25) is 0 Å². The van der Waals surface area contributed by atoms with Gasteiger partial charge in [0.25, 0.3) is 0 Å². The second-order valence-corrected chi connectivity index (χ2v) is 4.11. The Morgan fingerprint density at radius 2 is 2.22 bits per heavy atom. The lowest BCUT2D eigenvalue weighted by Gasteiger charge is -2.18. The molecular formula is C12H16FN5. The zero-order chi connectivity index (χ0) is 13.0. The zero-order valence-electron chi connectivity index (χ0n) is 10.5. The van der Waals surface area contributed by atoms with Crippen molar-refractivity contribution < 1.29 is 4.39 Å². The molecule has 2 heterocycles. The van der Waals surface area contributed by atoms with E-state index in [4.69, 9.17) is 0 Å². The van der Waals surface area contributed by atoms with Gasteiger partial charge >= 0.3 is 0 Å². The Labute approximate surface area is 105 Å². The van der Waals surface area contributed by atoms with Gasteiger partial charge in [0.05, 0.1) is 24.1 Å². The van der Waals surface area contributed by atoms with E-state index in [9.17, 15) is 4.39 Å². The molecule has 0 aliphatic heterocycles. The van der Waals surface area contributed by atoms with Crippen LogP contribution in [0.25, 0.3) is 0 Å². The molecule has 0 aliphatic carbocycles. The van der Waals surface area contributed by atoms with Crippen molar-refractivity contribution in [2.45, 2.75) is 19.4 Å². The van der Waals surface area contributed by atoms with Crippen LogP contribution in [0.3, 0.4) is 0 Å². The van der Waals surface area contributed by atoms with E-state index in [2.05, 4.69) is 27.5 Å². The molecular weight excluding hydrogens is 233 g/mol. The third-order valence-electron chi connectivity index (χ3n) is 2.70. The first kappa shape index (κ1) is 12.6. The molecule has 0 amide bonds. The first-order chi connectivity index (χ1) is 8.72. The standard InChI is InChI=1S/C12H16FN5/c1-3-4-15-12(11-8-16-17-18(11)2)9-5-10(13)7-14-6-9/h5-8,12,15H,3-4H2,1-2H3. The largest absolute Gasteiger partial charge is 0.305 e. The molecule has 6 heteroatoms. The number of aryl methyl sites for hydroxylation is 1. The van der Waals surface area contributed by atoms with E-state index in [1.807, 2.05) is 7.05 Å². The summed E-state index contributed by atoms with van der Waals surface area (Å²) >= 11 is 0. The fourth-order valence-electron chi connectivity index (χ4n) is 1.83. The number of nitrogens with zero attached hydrogens (tertiary/aromatic N) is 4. The highest BCUT2D eigenvalue weighted by molar-refractivity contribution is 5.24. The van der Waals surface area contributed by atoms with E-state index in [0.29, 0.717) is 0 Å². The van der Waals surface area contributed by atoms with Crippen molar-refractivity contribution in [1.29, 1.82) is 0 Å². The van der Waals surface area contributed by atoms with Crippen LogP contribution in [0.4, 0.5) is 4.39 Å². The third-order valence-corrected chi connectivity index (χ3v) is 2.70. The average molecular weight is 249 g/mol. The number of pyridine rings is 1. The molecule has 2 rings (SSSR count). The highest BCUT2D eigenvalue weighted by Crippen LogP contribution is 2.20. The molecule has 1 unspecified atom stereocenters. The summed E-state index contributed by atoms with van der Waals surface area (Å²) in [7, 11) is 1.82. The molecule has 1 atom stereocenters. The van der Waals surface area contributed by atoms with Crippen LogP contribution in [-0.4, -0.2) is 26.5 Å². The zero-order valence-corrected chi connectivity index (χ0v) is 10.5. The Balaban J connectivity index is 2.33. The van der Waals surface area contributed by atoms with Crippen molar-refractivity contribution in [3.05, 3.63) is 41.7 Å². The van der Waals surface area contributed by atoms with Gasteiger partial charge in [0.15, 0.2) is 0 Å². The lowest BCUT2D eigenvalue weighted by atomic mass is 10.1. The van der Waals surface area contributed by atoms with Crippen molar-refractivity contribution in [3.8, 4) is 0 Å². The maximum atomic E-state index is 13.3. The fourth-order valence-corrected chi connectivity index (χ4v) is 1.83. The number of hydrogen-bond acceptors (Lipinski definition) is 4. The Bertz CT molecular complexity index is 511. The predicted octanol–water partition coefficient (Wildman–Crippen LogP) is 1.44. The molecule has 2 aromatic heterocycles. The lowest BCUT2D eigenvalue weighted by Crippen LogP contribution is -2.25. The van der Waals surface area contributed by atoms with Crippen molar-refractivity contribution in [3.63, 3.8) is 0 Å². The minimum Gasteiger partial charge on any atom is -0.305 e. The summed E-state index contributed by atoms with van der Waals surface area (Å²) in [5.74, 6) is -0.342. The highest BCUT2D eigenvalue weighted by atomic mass is 19.1. The van der Waals surface area contributed by atoms with E-state index < -0.39 is 0 Å². The summed E-state index contributed by atoms with van der Waals surface area (Å²) in [6, 6.07) is 1.33. The molecule has 0 aliphatic rings. The summed E-state index contributed by atoms with van der Waals surface area (Å²) in [4.78, 5) is 3.89. The van der Waals surface area contributed by atoms with Crippen LogP contribution in [0.2, 0.25) is 0 Å². The second kappa shape index (κ2) is 5.68. The van der Waals surface area contributed by atoms with Crippen LogP contribution in [-0.2, 0) is 7.05 Å². The van der Waals surface area contributed by atoms with Crippen LogP contribution in [0.1, 0.15) is 30.6 Å². The molecule has 0 aromatic carbocycles. The smallest absolute Gasteiger partial charge is 0.141 e. The molecule has 5 nitrogen and oxygen atoms in total. The van der Waals surface area contributed by atoms with Gasteiger partial charge in [-0.2, -0.15) is 0 Å². The Kier molecular flexibility index (Phi) is 3.99. The van der Waals surface area contributed by atoms with Crippen LogP contribution < -0.4 is 5.32 Å². The maximum Gasteiger partial charge on any atom is 0.141 e. The van der Waals surface area contributed by atoms with Crippen molar-refractivity contribution in [1.82, 2.24) is 25.3 Å². The average Bonchev–Trinajstić information content (AvgIpc) is 2.77. The monoisotopic (exact) mass is 249 g/mol. The Hall–Kier alpha value is -1.82. The van der Waals surface area contributed by atoms with Gasteiger partial charge < -0.3 is 5.32 Å². The minimum atomic E-state index is -0.342. The number of aromatic nitrogens is 4. The summed E-state index contributed by atoms with van der Waals surface area (Å²) in [6.07, 6.45) is 5.52. The Morgan fingerprint density at radius 1 is 1.39 bits per heavy atom. The lowest BCUT2D eigenvalue weighted by molar-refractivity contribution is 0.543. The normalized spacial score (nSPS) is 12.6. The molecule has 0 spiro atoms. The van der Waals surface area contributed by atoms with Gasteiger partial charge in [-0.05, 0) is 24.6 Å². The molecule has 96 valence electrons. The first-order valence-electron chi connectivity index (χ1n) is 5.90. The topological polar surface area (TPSA) is 55.6 Å². The highest BCUT2D eigenvalue weighted by Gasteiger charge is 2.18. The molecule has 0 bridgehead atoms. The summed E-state index contributed by atoms with van der Waals surface area (Å²) in [6.45, 7) is 2.90. The summed E-state index contributed by atoms with van der Waals surface area (Å²) in [5, 5.41) is 11.1. The van der Waals surface area contributed by atoms with Gasteiger partial charge in [-0.25, -0.2) is 4.39 Å². The molecule has 0 saturated carbocycles. The SMILES string of the molecule is CCCNC(c1cncc(F)c1)c1cnnn1C. The van der Waals surface area contributed by atoms with E-state index in [1.54, 1.807) is 17.1 Å². The molecule has 0 radical (unpaired) electrons. The number of rotatable bonds is 5. The van der Waals surface area contributed by atoms with Gasteiger partial charge in [-0.3, -0.25) is 9.67 Å². The van der Waals surface area contributed by atoms with E-state index >= 15 is 0 Å². The summed E-state index contributed by atoms with van der Waals surface area (Å²) < 4.78 is 14.9. The number of halogens is 1. The van der Waals surface area contributed by atoms with Crippen molar-refractivity contribution >= 4 is 0 Å². The van der Waals surface area contributed by atoms with Crippen molar-refractivity contribution in [2.24, 2.45) is 7.05 Å². The van der Waals surface area contributed by atoms with Crippen LogP contribution in [0.15, 0.2) is 24.7 Å². The predicted molar refractivity (Wildman–Crippen MR) is 65.3 cm³/mol. The first-order valence-corrected chi connectivity index (χ1v) is 5.90. The quantitative estimate of drug-likeness (QED) is 0.871. The molecule has 18 heavy (non-hydrogen) atoms. The molecule has 0 fully saturated rings. The van der Waals surface area contributed by atoms with E-state index in [1.165, 1.54) is 12.3 Å². The minimum absolute atomic E-state index is 0.145. The van der Waals surface area contributed by atoms with Gasteiger partial charge in [0.1, 0.15) is 5.82 Å². The molecule has 2 aromatic rings. The second-order valence-electron chi connectivity index (χ2n) is 4.11. The Morgan fingerprint density at radius 3 is 2.83 bits per heavy atom.